The van der Waals surface area contributed by atoms with E-state index in [4.69, 9.17) is 11.6 Å². The Kier molecular flexibility index (Phi) is 5.18. The van der Waals surface area contributed by atoms with Gasteiger partial charge in [-0.2, -0.15) is 0 Å². The highest BCUT2D eigenvalue weighted by Gasteiger charge is 2.03. The maximum atomic E-state index is 12.0. The normalized spacial score (nSPS) is 11.0. The Hall–Kier alpha value is -2.06. The summed E-state index contributed by atoms with van der Waals surface area (Å²) in [5.74, 6) is 0.447. The molecule has 0 aliphatic heterocycles. The summed E-state index contributed by atoms with van der Waals surface area (Å²) in [6.45, 7) is 4.26. The molecule has 2 aromatic carbocycles. The number of nitrogens with one attached hydrogen (secondary N) is 1. The smallest absolute Gasteiger partial charge is 0.187 e. The van der Waals surface area contributed by atoms with E-state index in [0.717, 1.165) is 5.69 Å². The highest BCUT2D eigenvalue weighted by molar-refractivity contribution is 6.30. The standard InChI is InChI=1S/C18H18ClNO/c1-13(2)14-3-5-15(6-4-14)18(21)11-12-20-17-9-7-16(19)8-10-17/h3-13,20H,1-2H3/b12-11+. The van der Waals surface area contributed by atoms with Gasteiger partial charge in [0.15, 0.2) is 5.78 Å². The summed E-state index contributed by atoms with van der Waals surface area (Å²) < 4.78 is 0. The summed E-state index contributed by atoms with van der Waals surface area (Å²) in [5.41, 5.74) is 2.81. The van der Waals surface area contributed by atoms with Crippen LogP contribution in [0, 0.1) is 0 Å². The van der Waals surface area contributed by atoms with E-state index >= 15 is 0 Å². The number of carbonyl (C=O) groups excluding carboxylic acids is 1. The van der Waals surface area contributed by atoms with Crippen LogP contribution >= 0.6 is 11.6 Å². The fraction of sp³-hybridized carbons (Fsp3) is 0.167. The molecule has 2 rings (SSSR count). The van der Waals surface area contributed by atoms with Gasteiger partial charge in [0, 0.05) is 28.5 Å². The molecule has 0 radical (unpaired) electrons. The van der Waals surface area contributed by atoms with Crippen LogP contribution in [0.25, 0.3) is 0 Å². The van der Waals surface area contributed by atoms with Crippen molar-refractivity contribution in [1.82, 2.24) is 0 Å². The van der Waals surface area contributed by atoms with E-state index in [-0.39, 0.29) is 5.78 Å². The summed E-state index contributed by atoms with van der Waals surface area (Å²) >= 11 is 5.81. The first-order valence-electron chi connectivity index (χ1n) is 6.89. The minimum Gasteiger partial charge on any atom is -0.362 e. The van der Waals surface area contributed by atoms with E-state index in [9.17, 15) is 4.79 Å². The lowest BCUT2D eigenvalue weighted by molar-refractivity contribution is 0.104. The molecule has 0 aromatic heterocycles. The van der Waals surface area contributed by atoms with Gasteiger partial charge in [-0.3, -0.25) is 4.79 Å². The predicted octanol–water partition coefficient (Wildman–Crippen LogP) is 5.27. The fourth-order valence-corrected chi connectivity index (χ4v) is 2.01. The number of halogens is 1. The average molecular weight is 300 g/mol. The number of hydrogen-bond acceptors (Lipinski definition) is 2. The molecule has 0 fully saturated rings. The van der Waals surface area contributed by atoms with Crippen LogP contribution in [-0.4, -0.2) is 5.78 Å². The lowest BCUT2D eigenvalue weighted by atomic mass is 10.0. The van der Waals surface area contributed by atoms with E-state index in [0.29, 0.717) is 16.5 Å². The van der Waals surface area contributed by atoms with Crippen molar-refractivity contribution in [3.05, 3.63) is 77.0 Å². The van der Waals surface area contributed by atoms with Gasteiger partial charge in [0.25, 0.3) is 0 Å². The molecule has 0 spiro atoms. The molecular weight excluding hydrogens is 282 g/mol. The van der Waals surface area contributed by atoms with Crippen molar-refractivity contribution < 1.29 is 4.79 Å². The number of benzene rings is 2. The lowest BCUT2D eigenvalue weighted by Gasteiger charge is -2.05. The van der Waals surface area contributed by atoms with Crippen molar-refractivity contribution in [2.45, 2.75) is 19.8 Å². The van der Waals surface area contributed by atoms with Crippen LogP contribution in [0.15, 0.2) is 60.8 Å². The molecular formula is C18H18ClNO. The molecule has 108 valence electrons. The average Bonchev–Trinajstić information content (AvgIpc) is 2.49. The molecule has 0 bridgehead atoms. The second kappa shape index (κ2) is 7.09. The Morgan fingerprint density at radius 3 is 2.24 bits per heavy atom. The Morgan fingerprint density at radius 2 is 1.67 bits per heavy atom. The van der Waals surface area contributed by atoms with Crippen LogP contribution in [0.1, 0.15) is 35.7 Å². The summed E-state index contributed by atoms with van der Waals surface area (Å²) in [5, 5.41) is 3.73. The van der Waals surface area contributed by atoms with Gasteiger partial charge in [-0.1, -0.05) is 49.7 Å². The van der Waals surface area contributed by atoms with Crippen molar-refractivity contribution in [2.24, 2.45) is 0 Å². The van der Waals surface area contributed by atoms with E-state index in [1.165, 1.54) is 11.6 Å². The molecule has 0 aliphatic carbocycles. The number of ketones is 1. The molecule has 0 aliphatic rings. The largest absolute Gasteiger partial charge is 0.362 e. The third kappa shape index (κ3) is 4.47. The Labute approximate surface area is 130 Å². The number of carbonyl (C=O) groups is 1. The third-order valence-electron chi connectivity index (χ3n) is 3.19. The second-order valence-corrected chi connectivity index (χ2v) is 5.56. The maximum Gasteiger partial charge on any atom is 0.187 e. The second-order valence-electron chi connectivity index (χ2n) is 5.13. The Balaban J connectivity index is 1.97. The van der Waals surface area contributed by atoms with Crippen LogP contribution in [0.3, 0.4) is 0 Å². The van der Waals surface area contributed by atoms with Crippen molar-refractivity contribution in [3.8, 4) is 0 Å². The van der Waals surface area contributed by atoms with Crippen molar-refractivity contribution in [3.63, 3.8) is 0 Å². The van der Waals surface area contributed by atoms with Crippen LogP contribution in [0.4, 0.5) is 5.69 Å². The highest BCUT2D eigenvalue weighted by atomic mass is 35.5. The molecule has 0 saturated carbocycles. The van der Waals surface area contributed by atoms with Gasteiger partial charge in [0.05, 0.1) is 0 Å². The molecule has 0 unspecified atom stereocenters. The molecule has 0 amide bonds. The van der Waals surface area contributed by atoms with Crippen LogP contribution in [0.2, 0.25) is 5.02 Å². The predicted molar refractivity (Wildman–Crippen MR) is 89.1 cm³/mol. The van der Waals surface area contributed by atoms with Crippen molar-refractivity contribution in [1.29, 1.82) is 0 Å². The van der Waals surface area contributed by atoms with Crippen LogP contribution in [0.5, 0.6) is 0 Å². The molecule has 1 N–H and O–H groups in total. The third-order valence-corrected chi connectivity index (χ3v) is 3.44. The SMILES string of the molecule is CC(C)c1ccc(C(=O)/C=C/Nc2ccc(Cl)cc2)cc1. The monoisotopic (exact) mass is 299 g/mol. The number of hydrogen-bond donors (Lipinski definition) is 1. The summed E-state index contributed by atoms with van der Waals surface area (Å²) in [6.07, 6.45) is 3.17. The first kappa shape index (κ1) is 15.3. The zero-order valence-corrected chi connectivity index (χ0v) is 12.9. The molecule has 3 heteroatoms. The van der Waals surface area contributed by atoms with E-state index in [1.54, 1.807) is 18.3 Å². The summed E-state index contributed by atoms with van der Waals surface area (Å²) in [7, 11) is 0. The first-order chi connectivity index (χ1) is 10.1. The van der Waals surface area contributed by atoms with Crippen LogP contribution < -0.4 is 5.32 Å². The van der Waals surface area contributed by atoms with Crippen LogP contribution in [-0.2, 0) is 0 Å². The minimum atomic E-state index is -0.0215. The number of allylic oxidation sites excluding steroid dienone is 1. The number of rotatable bonds is 5. The summed E-state index contributed by atoms with van der Waals surface area (Å²) in [4.78, 5) is 12.0. The van der Waals surface area contributed by atoms with Gasteiger partial charge in [-0.15, -0.1) is 0 Å². The Morgan fingerprint density at radius 1 is 1.05 bits per heavy atom. The van der Waals surface area contributed by atoms with Gasteiger partial charge in [-0.25, -0.2) is 0 Å². The quantitative estimate of drug-likeness (QED) is 0.602. The molecule has 2 aromatic rings. The highest BCUT2D eigenvalue weighted by Crippen LogP contribution is 2.15. The van der Waals surface area contributed by atoms with Gasteiger partial charge in [0.2, 0.25) is 0 Å². The topological polar surface area (TPSA) is 29.1 Å². The Bertz CT molecular complexity index is 627. The zero-order valence-electron chi connectivity index (χ0n) is 12.1. The van der Waals surface area contributed by atoms with E-state index in [2.05, 4.69) is 19.2 Å². The molecule has 21 heavy (non-hydrogen) atoms. The minimum absolute atomic E-state index is 0.0215. The molecule has 0 atom stereocenters. The van der Waals surface area contributed by atoms with E-state index in [1.807, 2.05) is 36.4 Å². The molecule has 0 saturated heterocycles. The molecule has 2 nitrogen and oxygen atoms in total. The van der Waals surface area contributed by atoms with Gasteiger partial charge in [0.1, 0.15) is 0 Å². The maximum absolute atomic E-state index is 12.0. The van der Waals surface area contributed by atoms with Crippen molar-refractivity contribution >= 4 is 23.1 Å². The first-order valence-corrected chi connectivity index (χ1v) is 7.27. The molecule has 0 heterocycles. The summed E-state index contributed by atoms with van der Waals surface area (Å²) in [6, 6.07) is 15.0. The van der Waals surface area contributed by atoms with Gasteiger partial charge < -0.3 is 5.32 Å². The van der Waals surface area contributed by atoms with E-state index < -0.39 is 0 Å². The lowest BCUT2D eigenvalue weighted by Crippen LogP contribution is -1.97. The number of anilines is 1. The zero-order chi connectivity index (χ0) is 15.2. The fourth-order valence-electron chi connectivity index (χ4n) is 1.89. The van der Waals surface area contributed by atoms with Crippen molar-refractivity contribution in [2.75, 3.05) is 5.32 Å². The van der Waals surface area contributed by atoms with Gasteiger partial charge >= 0.3 is 0 Å². The van der Waals surface area contributed by atoms with Gasteiger partial charge in [-0.05, 0) is 35.7 Å².